The number of anilines is 1. The maximum Gasteiger partial charge on any atom is 0.331 e. The van der Waals surface area contributed by atoms with Crippen molar-refractivity contribution in [3.63, 3.8) is 0 Å². The van der Waals surface area contributed by atoms with Gasteiger partial charge >= 0.3 is 5.69 Å². The molecule has 3 aromatic rings. The molecule has 28 heavy (non-hydrogen) atoms. The summed E-state index contributed by atoms with van der Waals surface area (Å²) in [6.45, 7) is 1.38. The average molecular weight is 400 g/mol. The SMILES string of the molecule is CCn1cc(C#N)c(=O)n(CC(=O)Nc2cc(Cl)ccc2-n2cncn2)c1=O. The molecule has 0 bridgehead atoms. The molecule has 142 valence electrons. The van der Waals surface area contributed by atoms with Crippen molar-refractivity contribution in [1.82, 2.24) is 23.9 Å². The molecule has 0 atom stereocenters. The molecule has 2 heterocycles. The van der Waals surface area contributed by atoms with E-state index >= 15 is 0 Å². The van der Waals surface area contributed by atoms with Crippen LogP contribution in [0.4, 0.5) is 5.69 Å². The Kier molecular flexibility index (Phi) is 5.37. The predicted octanol–water partition coefficient (Wildman–Crippen LogP) is 0.774. The first kappa shape index (κ1) is 19.1. The van der Waals surface area contributed by atoms with Crippen LogP contribution in [0.1, 0.15) is 12.5 Å². The summed E-state index contributed by atoms with van der Waals surface area (Å²) in [5, 5.41) is 16.1. The van der Waals surface area contributed by atoms with Crippen molar-refractivity contribution in [2.45, 2.75) is 20.0 Å². The van der Waals surface area contributed by atoms with Crippen LogP contribution in [0.5, 0.6) is 0 Å². The quantitative estimate of drug-likeness (QED) is 0.675. The number of rotatable bonds is 5. The van der Waals surface area contributed by atoms with E-state index in [0.29, 0.717) is 16.4 Å². The van der Waals surface area contributed by atoms with Crippen LogP contribution in [-0.4, -0.2) is 29.8 Å². The monoisotopic (exact) mass is 399 g/mol. The summed E-state index contributed by atoms with van der Waals surface area (Å²) in [4.78, 5) is 41.1. The third-order valence-electron chi connectivity index (χ3n) is 3.90. The van der Waals surface area contributed by atoms with Crippen molar-refractivity contribution in [2.24, 2.45) is 0 Å². The minimum atomic E-state index is -0.824. The van der Waals surface area contributed by atoms with E-state index in [0.717, 1.165) is 4.57 Å². The number of carbonyl (C=O) groups is 1. The zero-order chi connectivity index (χ0) is 20.3. The lowest BCUT2D eigenvalue weighted by Gasteiger charge is -2.13. The van der Waals surface area contributed by atoms with Crippen molar-refractivity contribution in [1.29, 1.82) is 5.26 Å². The van der Waals surface area contributed by atoms with E-state index in [-0.39, 0.29) is 12.1 Å². The molecular weight excluding hydrogens is 386 g/mol. The number of hydrogen-bond acceptors (Lipinski definition) is 6. The van der Waals surface area contributed by atoms with Crippen LogP contribution in [0.2, 0.25) is 5.02 Å². The lowest BCUT2D eigenvalue weighted by Crippen LogP contribution is -2.43. The molecule has 3 rings (SSSR count). The second kappa shape index (κ2) is 7.89. The highest BCUT2D eigenvalue weighted by Gasteiger charge is 2.16. The third kappa shape index (κ3) is 3.70. The van der Waals surface area contributed by atoms with E-state index in [1.54, 1.807) is 25.1 Å². The molecule has 0 saturated carbocycles. The predicted molar refractivity (Wildman–Crippen MR) is 100 cm³/mol. The number of nitriles is 1. The molecule has 10 nitrogen and oxygen atoms in total. The fourth-order valence-corrected chi connectivity index (χ4v) is 2.74. The second-order valence-electron chi connectivity index (χ2n) is 5.66. The van der Waals surface area contributed by atoms with Gasteiger partial charge in [0.05, 0.1) is 11.4 Å². The summed E-state index contributed by atoms with van der Waals surface area (Å²) in [7, 11) is 0. The lowest BCUT2D eigenvalue weighted by molar-refractivity contribution is -0.116. The molecule has 1 amide bonds. The highest BCUT2D eigenvalue weighted by Crippen LogP contribution is 2.23. The zero-order valence-electron chi connectivity index (χ0n) is 14.7. The summed E-state index contributed by atoms with van der Waals surface area (Å²) in [5.74, 6) is -0.638. The minimum Gasteiger partial charge on any atom is -0.323 e. The number of aryl methyl sites for hydroxylation is 1. The Bertz CT molecular complexity index is 1190. The van der Waals surface area contributed by atoms with Gasteiger partial charge in [-0.15, -0.1) is 0 Å². The van der Waals surface area contributed by atoms with E-state index < -0.39 is 23.7 Å². The van der Waals surface area contributed by atoms with Crippen LogP contribution in [0, 0.1) is 11.3 Å². The van der Waals surface area contributed by atoms with Gasteiger partial charge in [-0.05, 0) is 25.1 Å². The fraction of sp³-hybridized carbons (Fsp3) is 0.176. The summed E-state index contributed by atoms with van der Waals surface area (Å²) >= 11 is 6.01. The van der Waals surface area contributed by atoms with E-state index in [9.17, 15) is 14.4 Å². The number of benzene rings is 1. The normalized spacial score (nSPS) is 10.5. The maximum atomic E-state index is 12.5. The fourth-order valence-electron chi connectivity index (χ4n) is 2.57. The summed E-state index contributed by atoms with van der Waals surface area (Å²) in [6, 6.07) is 6.50. The van der Waals surface area contributed by atoms with Gasteiger partial charge in [-0.2, -0.15) is 10.4 Å². The molecular formula is C17H14ClN7O3. The molecule has 0 aliphatic heterocycles. The van der Waals surface area contributed by atoms with Gasteiger partial charge in [0.2, 0.25) is 5.91 Å². The highest BCUT2D eigenvalue weighted by molar-refractivity contribution is 6.31. The van der Waals surface area contributed by atoms with Crippen LogP contribution in [0.25, 0.3) is 5.69 Å². The molecule has 0 saturated heterocycles. The molecule has 0 radical (unpaired) electrons. The first-order chi connectivity index (χ1) is 13.4. The van der Waals surface area contributed by atoms with Crippen molar-refractivity contribution < 1.29 is 4.79 Å². The number of nitrogens with one attached hydrogen (secondary N) is 1. The van der Waals surface area contributed by atoms with E-state index in [1.165, 1.54) is 34.2 Å². The zero-order valence-corrected chi connectivity index (χ0v) is 15.4. The van der Waals surface area contributed by atoms with Gasteiger partial charge < -0.3 is 5.32 Å². The summed E-state index contributed by atoms with van der Waals surface area (Å²) in [6.07, 6.45) is 3.96. The number of aromatic nitrogens is 5. The Labute approximate surface area is 163 Å². The topological polar surface area (TPSA) is 128 Å². The van der Waals surface area contributed by atoms with Crippen molar-refractivity contribution >= 4 is 23.2 Å². The third-order valence-corrected chi connectivity index (χ3v) is 4.13. The molecule has 1 aromatic carbocycles. The number of carbonyl (C=O) groups excluding carboxylic acids is 1. The number of nitrogens with zero attached hydrogens (tertiary/aromatic N) is 6. The molecule has 0 aliphatic carbocycles. The average Bonchev–Trinajstić information content (AvgIpc) is 3.20. The number of hydrogen-bond donors (Lipinski definition) is 1. The van der Waals surface area contributed by atoms with Gasteiger partial charge in [0.25, 0.3) is 5.56 Å². The Morgan fingerprint density at radius 3 is 2.79 bits per heavy atom. The van der Waals surface area contributed by atoms with Crippen LogP contribution in [0.3, 0.4) is 0 Å². The van der Waals surface area contributed by atoms with E-state index in [1.807, 2.05) is 0 Å². The molecule has 0 fully saturated rings. The number of halogens is 1. The van der Waals surface area contributed by atoms with Gasteiger partial charge in [-0.3, -0.25) is 14.2 Å². The van der Waals surface area contributed by atoms with Crippen LogP contribution >= 0.6 is 11.6 Å². The smallest absolute Gasteiger partial charge is 0.323 e. The Morgan fingerprint density at radius 1 is 1.36 bits per heavy atom. The standard InChI is InChI=1S/C17H14ClN7O3/c1-2-23-7-11(6-19)16(27)24(17(23)28)8-15(26)22-13-5-12(18)3-4-14(13)25-10-20-9-21-25/h3-5,7,9-10H,2,8H2,1H3,(H,22,26). The Hall–Kier alpha value is -3.71. The Balaban J connectivity index is 1.95. The molecule has 0 unspecified atom stereocenters. The van der Waals surface area contributed by atoms with Gasteiger partial charge in [-0.25, -0.2) is 19.0 Å². The Morgan fingerprint density at radius 2 is 2.14 bits per heavy atom. The van der Waals surface area contributed by atoms with Crippen molar-refractivity contribution in [3.8, 4) is 11.8 Å². The molecule has 2 aromatic heterocycles. The lowest BCUT2D eigenvalue weighted by atomic mass is 10.2. The summed E-state index contributed by atoms with van der Waals surface area (Å²) in [5.41, 5.74) is -0.901. The van der Waals surface area contributed by atoms with Gasteiger partial charge in [0, 0.05) is 17.8 Å². The minimum absolute atomic E-state index is 0.222. The largest absolute Gasteiger partial charge is 0.331 e. The van der Waals surface area contributed by atoms with Gasteiger partial charge in [-0.1, -0.05) is 11.6 Å². The van der Waals surface area contributed by atoms with Gasteiger partial charge in [0.15, 0.2) is 0 Å². The summed E-state index contributed by atoms with van der Waals surface area (Å²) < 4.78 is 3.34. The van der Waals surface area contributed by atoms with Crippen molar-refractivity contribution in [3.05, 3.63) is 68.5 Å². The van der Waals surface area contributed by atoms with Gasteiger partial charge in [0.1, 0.15) is 30.8 Å². The van der Waals surface area contributed by atoms with Crippen LogP contribution in [-0.2, 0) is 17.9 Å². The van der Waals surface area contributed by atoms with E-state index in [2.05, 4.69) is 15.4 Å². The maximum absolute atomic E-state index is 12.5. The molecule has 11 heteroatoms. The first-order valence-corrected chi connectivity index (χ1v) is 8.51. The second-order valence-corrected chi connectivity index (χ2v) is 6.10. The van der Waals surface area contributed by atoms with Crippen LogP contribution < -0.4 is 16.6 Å². The molecule has 1 N–H and O–H groups in total. The molecule has 0 aliphatic rings. The number of amides is 1. The first-order valence-electron chi connectivity index (χ1n) is 8.13. The molecule has 0 spiro atoms. The van der Waals surface area contributed by atoms with Crippen molar-refractivity contribution in [2.75, 3.05) is 5.32 Å². The van der Waals surface area contributed by atoms with Crippen LogP contribution in [0.15, 0.2) is 46.6 Å². The highest BCUT2D eigenvalue weighted by atomic mass is 35.5. The van der Waals surface area contributed by atoms with E-state index in [4.69, 9.17) is 16.9 Å².